The van der Waals surface area contributed by atoms with Crippen LogP contribution in [0.1, 0.15) is 17.9 Å². The molecule has 2 aromatic heterocycles. The zero-order valence-corrected chi connectivity index (χ0v) is 11.3. The number of thioether (sulfide) groups is 1. The van der Waals surface area contributed by atoms with Crippen molar-refractivity contribution in [1.29, 1.82) is 0 Å². The van der Waals surface area contributed by atoms with Crippen LogP contribution in [0.15, 0.2) is 11.2 Å². The minimum Gasteiger partial charge on any atom is -0.469 e. The first-order chi connectivity index (χ1) is 8.61. The van der Waals surface area contributed by atoms with Crippen LogP contribution in [0.5, 0.6) is 0 Å². The third-order valence-corrected chi connectivity index (χ3v) is 3.35. The van der Waals surface area contributed by atoms with Gasteiger partial charge in [-0.2, -0.15) is 0 Å². The van der Waals surface area contributed by atoms with Crippen molar-refractivity contribution < 1.29 is 9.53 Å². The van der Waals surface area contributed by atoms with Crippen LogP contribution < -0.4 is 0 Å². The summed E-state index contributed by atoms with van der Waals surface area (Å²) in [5.74, 6) is 1.23. The Kier molecular flexibility index (Phi) is 3.81. The Morgan fingerprint density at radius 1 is 1.44 bits per heavy atom. The third-order valence-electron chi connectivity index (χ3n) is 2.42. The van der Waals surface area contributed by atoms with E-state index in [0.29, 0.717) is 12.2 Å². The lowest BCUT2D eigenvalue weighted by atomic mass is 10.4. The summed E-state index contributed by atoms with van der Waals surface area (Å²) in [5, 5.41) is 8.95. The highest BCUT2D eigenvalue weighted by Gasteiger charge is 2.10. The SMILES string of the molecule is COC(=O)CCSc1nnc2cc(C)nc(C)n12. The van der Waals surface area contributed by atoms with Gasteiger partial charge in [-0.15, -0.1) is 10.2 Å². The van der Waals surface area contributed by atoms with E-state index >= 15 is 0 Å². The maximum atomic E-state index is 11.0. The van der Waals surface area contributed by atoms with E-state index in [2.05, 4.69) is 19.9 Å². The molecule has 0 saturated heterocycles. The number of rotatable bonds is 4. The van der Waals surface area contributed by atoms with Crippen molar-refractivity contribution in [1.82, 2.24) is 19.6 Å². The summed E-state index contributed by atoms with van der Waals surface area (Å²) in [4.78, 5) is 15.4. The molecule has 0 radical (unpaired) electrons. The molecule has 0 N–H and O–H groups in total. The van der Waals surface area contributed by atoms with Crippen molar-refractivity contribution >= 4 is 23.4 Å². The molecule has 0 aromatic carbocycles. The van der Waals surface area contributed by atoms with Crippen molar-refractivity contribution in [3.8, 4) is 0 Å². The fourth-order valence-electron chi connectivity index (χ4n) is 1.62. The van der Waals surface area contributed by atoms with E-state index in [4.69, 9.17) is 0 Å². The number of aryl methyl sites for hydroxylation is 2. The smallest absolute Gasteiger partial charge is 0.306 e. The van der Waals surface area contributed by atoms with Gasteiger partial charge < -0.3 is 4.74 Å². The molecule has 7 heteroatoms. The summed E-state index contributed by atoms with van der Waals surface area (Å²) < 4.78 is 6.47. The van der Waals surface area contributed by atoms with E-state index in [1.807, 2.05) is 24.3 Å². The van der Waals surface area contributed by atoms with Gasteiger partial charge in [0.25, 0.3) is 0 Å². The normalized spacial score (nSPS) is 10.8. The lowest BCUT2D eigenvalue weighted by Crippen LogP contribution is -2.02. The number of methoxy groups -OCH3 is 1. The molecule has 2 heterocycles. The van der Waals surface area contributed by atoms with E-state index in [0.717, 1.165) is 22.3 Å². The number of esters is 1. The Bertz CT molecular complexity index is 582. The summed E-state index contributed by atoms with van der Waals surface area (Å²) in [6, 6.07) is 1.88. The average Bonchev–Trinajstić information content (AvgIpc) is 2.72. The molecule has 0 aliphatic carbocycles. The minimum absolute atomic E-state index is 0.220. The number of aromatic nitrogens is 4. The quantitative estimate of drug-likeness (QED) is 0.615. The second-order valence-corrected chi connectivity index (χ2v) is 4.86. The molecule has 2 rings (SSSR count). The van der Waals surface area contributed by atoms with Gasteiger partial charge in [0.05, 0.1) is 13.5 Å². The van der Waals surface area contributed by atoms with E-state index in [1.165, 1.54) is 18.9 Å². The summed E-state index contributed by atoms with van der Waals surface area (Å²) in [5.41, 5.74) is 1.69. The molecule has 0 saturated carbocycles. The standard InChI is InChI=1S/C11H14N4O2S/c1-7-6-9-13-14-11(15(9)8(2)12-7)18-5-4-10(16)17-3/h6H,4-5H2,1-3H3. The Labute approximate surface area is 109 Å². The highest BCUT2D eigenvalue weighted by molar-refractivity contribution is 7.99. The number of carbonyl (C=O) groups excluding carboxylic acids is 1. The number of nitrogens with zero attached hydrogens (tertiary/aromatic N) is 4. The molecule has 0 aliphatic rings. The predicted octanol–water partition coefficient (Wildman–Crippen LogP) is 1.40. The van der Waals surface area contributed by atoms with Crippen LogP contribution in [-0.2, 0) is 9.53 Å². The first-order valence-electron chi connectivity index (χ1n) is 5.51. The number of hydrogen-bond acceptors (Lipinski definition) is 6. The van der Waals surface area contributed by atoms with Gasteiger partial charge in [-0.05, 0) is 13.8 Å². The lowest BCUT2D eigenvalue weighted by molar-refractivity contribution is -0.140. The molecule has 0 spiro atoms. The van der Waals surface area contributed by atoms with Gasteiger partial charge in [0, 0.05) is 17.5 Å². The zero-order chi connectivity index (χ0) is 13.1. The maximum Gasteiger partial charge on any atom is 0.306 e. The number of fused-ring (bicyclic) bond motifs is 1. The van der Waals surface area contributed by atoms with E-state index in [-0.39, 0.29) is 5.97 Å². The van der Waals surface area contributed by atoms with E-state index in [1.54, 1.807) is 0 Å². The predicted molar refractivity (Wildman–Crippen MR) is 67.6 cm³/mol. The summed E-state index contributed by atoms with van der Waals surface area (Å²) >= 11 is 1.47. The lowest BCUT2D eigenvalue weighted by Gasteiger charge is -2.03. The fraction of sp³-hybridized carbons (Fsp3) is 0.455. The van der Waals surface area contributed by atoms with Crippen molar-refractivity contribution in [3.63, 3.8) is 0 Å². The molecule has 0 bridgehead atoms. The third kappa shape index (κ3) is 2.61. The summed E-state index contributed by atoms with van der Waals surface area (Å²) in [6.45, 7) is 3.83. The molecule has 2 aromatic rings. The molecular formula is C11H14N4O2S. The molecule has 0 atom stereocenters. The number of hydrogen-bond donors (Lipinski definition) is 0. The topological polar surface area (TPSA) is 69.4 Å². The Morgan fingerprint density at radius 2 is 2.22 bits per heavy atom. The van der Waals surface area contributed by atoms with Gasteiger partial charge in [-0.1, -0.05) is 11.8 Å². The molecule has 0 aliphatic heterocycles. The van der Waals surface area contributed by atoms with E-state index in [9.17, 15) is 4.79 Å². The van der Waals surface area contributed by atoms with Crippen LogP contribution in [0.2, 0.25) is 0 Å². The molecule has 18 heavy (non-hydrogen) atoms. The molecule has 0 amide bonds. The van der Waals surface area contributed by atoms with Gasteiger partial charge in [0.1, 0.15) is 5.82 Å². The van der Waals surface area contributed by atoms with Gasteiger partial charge in [0.2, 0.25) is 0 Å². The van der Waals surface area contributed by atoms with E-state index < -0.39 is 0 Å². The van der Waals surface area contributed by atoms with Crippen molar-refractivity contribution in [2.45, 2.75) is 25.4 Å². The first-order valence-corrected chi connectivity index (χ1v) is 6.49. The Morgan fingerprint density at radius 3 is 2.94 bits per heavy atom. The number of carbonyl (C=O) groups is 1. The molecular weight excluding hydrogens is 252 g/mol. The zero-order valence-electron chi connectivity index (χ0n) is 10.5. The van der Waals surface area contributed by atoms with Gasteiger partial charge in [0.15, 0.2) is 10.8 Å². The van der Waals surface area contributed by atoms with Gasteiger partial charge >= 0.3 is 5.97 Å². The molecule has 0 unspecified atom stereocenters. The van der Waals surface area contributed by atoms with Crippen LogP contribution in [0.4, 0.5) is 0 Å². The van der Waals surface area contributed by atoms with Gasteiger partial charge in [-0.25, -0.2) is 4.98 Å². The maximum absolute atomic E-state index is 11.0. The van der Waals surface area contributed by atoms with Crippen LogP contribution in [-0.4, -0.2) is 38.4 Å². The highest BCUT2D eigenvalue weighted by atomic mass is 32.2. The number of ether oxygens (including phenoxy) is 1. The van der Waals surface area contributed by atoms with Crippen LogP contribution >= 0.6 is 11.8 Å². The van der Waals surface area contributed by atoms with Crippen LogP contribution in [0.3, 0.4) is 0 Å². The fourth-order valence-corrected chi connectivity index (χ4v) is 2.53. The highest BCUT2D eigenvalue weighted by Crippen LogP contribution is 2.19. The molecule has 0 fully saturated rings. The monoisotopic (exact) mass is 266 g/mol. The summed E-state index contributed by atoms with van der Waals surface area (Å²) in [7, 11) is 1.39. The summed E-state index contributed by atoms with van der Waals surface area (Å²) in [6.07, 6.45) is 0.356. The molecule has 96 valence electrons. The largest absolute Gasteiger partial charge is 0.469 e. The Hall–Kier alpha value is -1.63. The molecule has 6 nitrogen and oxygen atoms in total. The average molecular weight is 266 g/mol. The van der Waals surface area contributed by atoms with Crippen LogP contribution in [0, 0.1) is 13.8 Å². The van der Waals surface area contributed by atoms with Crippen molar-refractivity contribution in [2.24, 2.45) is 0 Å². The van der Waals surface area contributed by atoms with Gasteiger partial charge in [-0.3, -0.25) is 9.20 Å². The Balaban J connectivity index is 2.17. The minimum atomic E-state index is -0.220. The second-order valence-electron chi connectivity index (χ2n) is 3.80. The first kappa shape index (κ1) is 12.8. The van der Waals surface area contributed by atoms with Crippen molar-refractivity contribution in [2.75, 3.05) is 12.9 Å². The van der Waals surface area contributed by atoms with Crippen LogP contribution in [0.25, 0.3) is 5.65 Å². The second kappa shape index (κ2) is 5.34. The van der Waals surface area contributed by atoms with Crippen molar-refractivity contribution in [3.05, 3.63) is 17.6 Å².